The molecule has 1 aromatic rings. The van der Waals surface area contributed by atoms with Crippen LogP contribution >= 0.6 is 0 Å². The van der Waals surface area contributed by atoms with Gasteiger partial charge in [0.05, 0.1) is 0 Å². The van der Waals surface area contributed by atoms with Gasteiger partial charge in [-0.3, -0.25) is 0 Å². The van der Waals surface area contributed by atoms with Gasteiger partial charge in [0.25, 0.3) is 0 Å². The Morgan fingerprint density at radius 3 is 2.05 bits per heavy atom. The molecule has 1 aromatic carbocycles. The van der Waals surface area contributed by atoms with Crippen molar-refractivity contribution in [3.8, 4) is 5.75 Å². The topological polar surface area (TPSA) is 38.7 Å². The van der Waals surface area contributed by atoms with E-state index in [1.165, 1.54) is 5.56 Å². The van der Waals surface area contributed by atoms with E-state index in [4.69, 9.17) is 9.47 Å². The van der Waals surface area contributed by atoms with Crippen molar-refractivity contribution in [1.29, 1.82) is 0 Å². The fourth-order valence-electron chi connectivity index (χ4n) is 2.87. The van der Waals surface area contributed by atoms with Crippen molar-refractivity contribution in [2.24, 2.45) is 5.41 Å². The molecule has 0 fully saturated rings. The Balaban J connectivity index is 2.77. The van der Waals surface area contributed by atoms with Gasteiger partial charge in [-0.25, -0.2) is 0 Å². The highest BCUT2D eigenvalue weighted by atomic mass is 16.7. The van der Waals surface area contributed by atoms with Gasteiger partial charge in [-0.15, -0.1) is 0 Å². The van der Waals surface area contributed by atoms with Crippen LogP contribution in [0.4, 0.5) is 0 Å². The minimum atomic E-state index is -0.594. The lowest BCUT2D eigenvalue weighted by Gasteiger charge is -2.33. The molecule has 1 N–H and O–H groups in total. The first-order valence-electron chi connectivity index (χ1n) is 7.67. The average molecular weight is 294 g/mol. The third-order valence-electron chi connectivity index (χ3n) is 3.38. The van der Waals surface area contributed by atoms with Gasteiger partial charge in [-0.1, -0.05) is 46.8 Å². The van der Waals surface area contributed by atoms with Crippen LogP contribution in [0.3, 0.4) is 0 Å². The monoisotopic (exact) mass is 294 g/mol. The summed E-state index contributed by atoms with van der Waals surface area (Å²) in [7, 11) is 0. The summed E-state index contributed by atoms with van der Waals surface area (Å²) in [6, 6.07) is 8.09. The van der Waals surface area contributed by atoms with Gasteiger partial charge in [-0.05, 0) is 41.9 Å². The maximum Gasteiger partial charge on any atom is 0.223 e. The van der Waals surface area contributed by atoms with E-state index in [0.29, 0.717) is 6.61 Å². The van der Waals surface area contributed by atoms with E-state index in [0.717, 1.165) is 12.2 Å². The Labute approximate surface area is 129 Å². The first kappa shape index (κ1) is 18.0. The van der Waals surface area contributed by atoms with Crippen LogP contribution < -0.4 is 4.74 Å². The SMILES string of the molecule is CCOC(CO)Oc1ccc(C(C)(C)CC(C)(C)C)cc1. The molecule has 1 unspecified atom stereocenters. The summed E-state index contributed by atoms with van der Waals surface area (Å²) in [5.41, 5.74) is 1.70. The van der Waals surface area contributed by atoms with Crippen LogP contribution in [0.25, 0.3) is 0 Å². The van der Waals surface area contributed by atoms with Gasteiger partial charge in [0, 0.05) is 6.61 Å². The van der Waals surface area contributed by atoms with E-state index in [1.54, 1.807) is 0 Å². The molecule has 0 aliphatic rings. The Morgan fingerprint density at radius 2 is 1.62 bits per heavy atom. The largest absolute Gasteiger partial charge is 0.462 e. The predicted octanol–water partition coefficient (Wildman–Crippen LogP) is 4.13. The normalized spacial score (nSPS) is 14.0. The molecule has 120 valence electrons. The summed E-state index contributed by atoms with van der Waals surface area (Å²) in [5, 5.41) is 9.18. The molecule has 1 rings (SSSR count). The molecule has 0 aromatic heterocycles. The van der Waals surface area contributed by atoms with Crippen LogP contribution in [0.15, 0.2) is 24.3 Å². The zero-order chi connectivity index (χ0) is 16.1. The smallest absolute Gasteiger partial charge is 0.223 e. The molecule has 0 saturated carbocycles. The van der Waals surface area contributed by atoms with Crippen LogP contribution in [0.5, 0.6) is 5.75 Å². The molecule has 0 radical (unpaired) electrons. The summed E-state index contributed by atoms with van der Waals surface area (Å²) in [4.78, 5) is 0. The van der Waals surface area contributed by atoms with Gasteiger partial charge in [0.15, 0.2) is 0 Å². The molecule has 0 amide bonds. The van der Waals surface area contributed by atoms with Crippen molar-refractivity contribution in [1.82, 2.24) is 0 Å². The third-order valence-corrected chi connectivity index (χ3v) is 3.38. The Bertz CT molecular complexity index is 415. The van der Waals surface area contributed by atoms with Crippen molar-refractivity contribution in [2.75, 3.05) is 13.2 Å². The van der Waals surface area contributed by atoms with Crippen LogP contribution in [-0.4, -0.2) is 24.6 Å². The van der Waals surface area contributed by atoms with Crippen LogP contribution in [0, 0.1) is 5.41 Å². The Morgan fingerprint density at radius 1 is 1.05 bits per heavy atom. The molecule has 0 bridgehead atoms. The summed E-state index contributed by atoms with van der Waals surface area (Å²) < 4.78 is 10.9. The number of ether oxygens (including phenoxy) is 2. The van der Waals surface area contributed by atoms with Crippen molar-refractivity contribution in [3.63, 3.8) is 0 Å². The third kappa shape index (κ3) is 6.06. The highest BCUT2D eigenvalue weighted by molar-refractivity contribution is 5.31. The maximum absolute atomic E-state index is 9.18. The van der Waals surface area contributed by atoms with E-state index in [2.05, 4.69) is 46.8 Å². The molecule has 0 aliphatic carbocycles. The van der Waals surface area contributed by atoms with Crippen molar-refractivity contribution in [3.05, 3.63) is 29.8 Å². The van der Waals surface area contributed by atoms with Crippen molar-refractivity contribution < 1.29 is 14.6 Å². The van der Waals surface area contributed by atoms with E-state index in [1.807, 2.05) is 19.1 Å². The molecule has 3 heteroatoms. The second-order valence-corrected chi connectivity index (χ2v) is 7.33. The Hall–Kier alpha value is -1.06. The first-order valence-corrected chi connectivity index (χ1v) is 7.67. The average Bonchev–Trinajstić information content (AvgIpc) is 2.36. The lowest BCUT2D eigenvalue weighted by atomic mass is 9.72. The second-order valence-electron chi connectivity index (χ2n) is 7.33. The fraction of sp³-hybridized carbons (Fsp3) is 0.667. The van der Waals surface area contributed by atoms with Crippen LogP contribution in [-0.2, 0) is 10.2 Å². The number of benzene rings is 1. The second kappa shape index (κ2) is 7.28. The minimum absolute atomic E-state index is 0.118. The number of hydrogen-bond acceptors (Lipinski definition) is 3. The highest BCUT2D eigenvalue weighted by Crippen LogP contribution is 2.36. The molecule has 1 atom stereocenters. The first-order chi connectivity index (χ1) is 9.68. The van der Waals surface area contributed by atoms with E-state index < -0.39 is 6.29 Å². The van der Waals surface area contributed by atoms with Gasteiger partial charge in [0.1, 0.15) is 12.4 Å². The molecule has 0 heterocycles. The number of aliphatic hydroxyl groups excluding tert-OH is 1. The van der Waals surface area contributed by atoms with Crippen LogP contribution in [0.2, 0.25) is 0 Å². The zero-order valence-electron chi connectivity index (χ0n) is 14.3. The van der Waals surface area contributed by atoms with Crippen LogP contribution in [0.1, 0.15) is 53.5 Å². The summed E-state index contributed by atoms with van der Waals surface area (Å²) in [6.07, 6.45) is 0.515. The molecule has 3 nitrogen and oxygen atoms in total. The molecule has 0 saturated heterocycles. The molecular weight excluding hydrogens is 264 g/mol. The summed E-state index contributed by atoms with van der Waals surface area (Å²) in [6.45, 7) is 13.6. The van der Waals surface area contributed by atoms with Crippen molar-refractivity contribution in [2.45, 2.75) is 59.7 Å². The summed E-state index contributed by atoms with van der Waals surface area (Å²) >= 11 is 0. The van der Waals surface area contributed by atoms with Gasteiger partial charge < -0.3 is 14.6 Å². The van der Waals surface area contributed by atoms with Crippen molar-refractivity contribution >= 4 is 0 Å². The van der Waals surface area contributed by atoms with E-state index in [9.17, 15) is 5.11 Å². The zero-order valence-corrected chi connectivity index (χ0v) is 14.3. The fourth-order valence-corrected chi connectivity index (χ4v) is 2.87. The lowest BCUT2D eigenvalue weighted by Crippen LogP contribution is -2.25. The van der Waals surface area contributed by atoms with Gasteiger partial charge >= 0.3 is 0 Å². The Kier molecular flexibility index (Phi) is 6.24. The minimum Gasteiger partial charge on any atom is -0.462 e. The predicted molar refractivity (Wildman–Crippen MR) is 86.7 cm³/mol. The number of aliphatic hydroxyl groups is 1. The lowest BCUT2D eigenvalue weighted by molar-refractivity contribution is -0.103. The standard InChI is InChI=1S/C18H30O3/c1-7-20-16(12-19)21-15-10-8-14(9-11-15)18(5,6)13-17(2,3)4/h8-11,16,19H,7,12-13H2,1-6H3. The molecule has 21 heavy (non-hydrogen) atoms. The van der Waals surface area contributed by atoms with E-state index in [-0.39, 0.29) is 17.4 Å². The molecular formula is C18H30O3. The number of hydrogen-bond donors (Lipinski definition) is 1. The van der Waals surface area contributed by atoms with Gasteiger partial charge in [0.2, 0.25) is 6.29 Å². The molecule has 0 aliphatic heterocycles. The highest BCUT2D eigenvalue weighted by Gasteiger charge is 2.27. The maximum atomic E-state index is 9.18. The van der Waals surface area contributed by atoms with Gasteiger partial charge in [-0.2, -0.15) is 0 Å². The molecule has 0 spiro atoms. The summed E-state index contributed by atoms with van der Waals surface area (Å²) in [5.74, 6) is 0.720. The van der Waals surface area contributed by atoms with E-state index >= 15 is 0 Å². The quantitative estimate of drug-likeness (QED) is 0.768. The number of rotatable bonds is 7.